The Kier molecular flexibility index (Phi) is 8.15. The number of fused-ring (bicyclic) bond motifs is 1. The second-order valence-electron chi connectivity index (χ2n) is 10.6. The van der Waals surface area contributed by atoms with Crippen LogP contribution in [-0.4, -0.2) is 63.0 Å². The molecular weight excluding hydrogens is 519 g/mol. The monoisotopic (exact) mass is 554 g/mol. The minimum absolute atomic E-state index is 0.0287. The van der Waals surface area contributed by atoms with Gasteiger partial charge in [0.25, 0.3) is 0 Å². The fraction of sp³-hybridized carbons (Fsp3) is 0.536. The van der Waals surface area contributed by atoms with E-state index in [2.05, 4.69) is 20.3 Å². The highest BCUT2D eigenvalue weighted by Gasteiger charge is 2.58. The van der Waals surface area contributed by atoms with Crippen molar-refractivity contribution in [1.82, 2.24) is 19.5 Å². The summed E-state index contributed by atoms with van der Waals surface area (Å²) in [4.78, 5) is 38.3. The molecule has 1 aromatic carbocycles. The zero-order chi connectivity index (χ0) is 28.3. The van der Waals surface area contributed by atoms with Crippen LogP contribution in [0, 0.1) is 5.92 Å². The third-order valence-corrected chi connectivity index (χ3v) is 7.65. The number of imidazole rings is 1. The van der Waals surface area contributed by atoms with Crippen molar-refractivity contribution in [2.75, 3.05) is 24.7 Å². The standard InChI is InChI=1S/C28H35FN6O5/c1-28(29)23(40-21(37)14-18-11-7-4-8-12-18)19(15-38-20(36)13-17-9-5-3-6-10-17)39-26(28)35-16-32-22-24(31-2)33-27(30)34-25(22)35/h3,5-6,9-10,16,18-19,23,26H,4,7-8,11-15H2,1-2H3,(H3,30,31,33,34)/t19-,23?,26-,28-/m1/s1. The van der Waals surface area contributed by atoms with E-state index < -0.39 is 36.0 Å². The van der Waals surface area contributed by atoms with Crippen LogP contribution < -0.4 is 11.1 Å². The maximum atomic E-state index is 16.7. The predicted molar refractivity (Wildman–Crippen MR) is 145 cm³/mol. The number of aromatic nitrogens is 4. The van der Waals surface area contributed by atoms with Crippen LogP contribution in [0.3, 0.4) is 0 Å². The van der Waals surface area contributed by atoms with Crippen LogP contribution in [0.5, 0.6) is 0 Å². The van der Waals surface area contributed by atoms with Crippen molar-refractivity contribution in [2.24, 2.45) is 5.92 Å². The number of ether oxygens (including phenoxy) is 3. The van der Waals surface area contributed by atoms with Gasteiger partial charge in [0.1, 0.15) is 12.7 Å². The van der Waals surface area contributed by atoms with Gasteiger partial charge in [0.2, 0.25) is 5.95 Å². The summed E-state index contributed by atoms with van der Waals surface area (Å²) >= 11 is 0. The summed E-state index contributed by atoms with van der Waals surface area (Å²) < 4.78 is 35.5. The Morgan fingerprint density at radius 1 is 1.18 bits per heavy atom. The lowest BCUT2D eigenvalue weighted by Crippen LogP contribution is -2.44. The van der Waals surface area contributed by atoms with Crippen LogP contribution in [0.2, 0.25) is 0 Å². The summed E-state index contributed by atoms with van der Waals surface area (Å²) in [5.74, 6) is -0.436. The number of hydrogen-bond donors (Lipinski definition) is 2. The highest BCUT2D eigenvalue weighted by Crippen LogP contribution is 2.45. The Hall–Kier alpha value is -3.80. The normalized spacial score (nSPS) is 25.1. The van der Waals surface area contributed by atoms with Crippen molar-refractivity contribution in [1.29, 1.82) is 0 Å². The van der Waals surface area contributed by atoms with Gasteiger partial charge in [-0.25, -0.2) is 9.37 Å². The second-order valence-corrected chi connectivity index (χ2v) is 10.6. The molecular formula is C28H35FN6O5. The Morgan fingerprint density at radius 2 is 1.93 bits per heavy atom. The summed E-state index contributed by atoms with van der Waals surface area (Å²) in [6, 6.07) is 9.14. The van der Waals surface area contributed by atoms with Gasteiger partial charge < -0.3 is 25.3 Å². The number of rotatable bonds is 9. The van der Waals surface area contributed by atoms with Crippen molar-refractivity contribution in [3.05, 3.63) is 42.2 Å². The number of benzene rings is 1. The molecule has 11 nitrogen and oxygen atoms in total. The van der Waals surface area contributed by atoms with Gasteiger partial charge in [-0.3, -0.25) is 14.2 Å². The molecule has 0 radical (unpaired) electrons. The van der Waals surface area contributed by atoms with E-state index in [1.807, 2.05) is 30.3 Å². The zero-order valence-corrected chi connectivity index (χ0v) is 22.7. The maximum Gasteiger partial charge on any atom is 0.310 e. The number of anilines is 2. The highest BCUT2D eigenvalue weighted by atomic mass is 19.1. The van der Waals surface area contributed by atoms with Crippen molar-refractivity contribution < 1.29 is 28.2 Å². The molecule has 1 unspecified atom stereocenters. The molecule has 1 aliphatic carbocycles. The van der Waals surface area contributed by atoms with Gasteiger partial charge in [-0.05, 0) is 31.2 Å². The number of nitrogens with one attached hydrogen (secondary N) is 1. The number of esters is 2. The van der Waals surface area contributed by atoms with Gasteiger partial charge in [0, 0.05) is 13.5 Å². The molecule has 0 bridgehead atoms. The highest BCUT2D eigenvalue weighted by molar-refractivity contribution is 5.84. The largest absolute Gasteiger partial charge is 0.463 e. The number of carbonyl (C=O) groups excluding carboxylic acids is 2. The molecule has 0 amide bonds. The average molecular weight is 555 g/mol. The van der Waals surface area contributed by atoms with Crippen LogP contribution in [0.15, 0.2) is 36.7 Å². The minimum atomic E-state index is -2.22. The average Bonchev–Trinajstić information content (AvgIpc) is 3.45. The molecule has 1 saturated heterocycles. The Bertz CT molecular complexity index is 1340. The van der Waals surface area contributed by atoms with E-state index in [1.54, 1.807) is 7.05 Å². The lowest BCUT2D eigenvalue weighted by Gasteiger charge is -2.28. The van der Waals surface area contributed by atoms with Crippen LogP contribution in [-0.2, 0) is 30.2 Å². The number of halogens is 1. The molecule has 0 spiro atoms. The molecule has 3 aromatic rings. The molecule has 3 heterocycles. The van der Waals surface area contributed by atoms with Crippen molar-refractivity contribution >= 4 is 34.9 Å². The summed E-state index contributed by atoms with van der Waals surface area (Å²) in [6.45, 7) is 1.01. The summed E-state index contributed by atoms with van der Waals surface area (Å²) in [5.41, 5.74) is 5.07. The van der Waals surface area contributed by atoms with E-state index in [0.717, 1.165) is 37.7 Å². The lowest BCUT2D eigenvalue weighted by atomic mass is 9.87. The number of nitrogens with two attached hydrogens (primary N) is 1. The minimum Gasteiger partial charge on any atom is -0.463 e. The molecule has 40 heavy (non-hydrogen) atoms. The predicted octanol–water partition coefficient (Wildman–Crippen LogP) is 3.74. The van der Waals surface area contributed by atoms with Crippen LogP contribution in [0.4, 0.5) is 16.2 Å². The van der Waals surface area contributed by atoms with Crippen LogP contribution >= 0.6 is 0 Å². The SMILES string of the molecule is CNc1nc(N)nc2c1ncn2[C@@H]1O[C@H](COC(=O)Cc2ccccc2)C(OC(=O)CC2CCCCC2)[C@@]1(C)F. The summed E-state index contributed by atoms with van der Waals surface area (Å²) in [5, 5.41) is 2.90. The van der Waals surface area contributed by atoms with Gasteiger partial charge in [0.15, 0.2) is 35.0 Å². The lowest BCUT2D eigenvalue weighted by molar-refractivity contribution is -0.162. The van der Waals surface area contributed by atoms with Gasteiger partial charge >= 0.3 is 11.9 Å². The second kappa shape index (κ2) is 11.7. The Labute approximate surface area is 231 Å². The fourth-order valence-electron chi connectivity index (χ4n) is 5.61. The smallest absolute Gasteiger partial charge is 0.310 e. The Balaban J connectivity index is 1.38. The first-order valence-corrected chi connectivity index (χ1v) is 13.7. The van der Waals surface area contributed by atoms with Gasteiger partial charge in [-0.1, -0.05) is 49.6 Å². The van der Waals surface area contributed by atoms with Crippen molar-refractivity contribution in [2.45, 2.75) is 76.0 Å². The molecule has 2 aliphatic rings. The van der Waals surface area contributed by atoms with E-state index in [-0.39, 0.29) is 37.0 Å². The molecule has 3 N–H and O–H groups in total. The van der Waals surface area contributed by atoms with E-state index in [0.29, 0.717) is 11.3 Å². The molecule has 1 saturated carbocycles. The number of nitrogen functional groups attached to an aromatic ring is 1. The first-order chi connectivity index (χ1) is 19.3. The number of alkyl halides is 1. The van der Waals surface area contributed by atoms with Crippen molar-refractivity contribution in [3.63, 3.8) is 0 Å². The van der Waals surface area contributed by atoms with E-state index >= 15 is 4.39 Å². The first kappa shape index (κ1) is 27.8. The Morgan fingerprint density at radius 3 is 2.65 bits per heavy atom. The van der Waals surface area contributed by atoms with Gasteiger partial charge in [0.05, 0.1) is 12.7 Å². The van der Waals surface area contributed by atoms with E-state index in [1.165, 1.54) is 17.8 Å². The molecule has 214 valence electrons. The number of nitrogens with zero attached hydrogens (tertiary/aromatic N) is 4. The van der Waals surface area contributed by atoms with E-state index in [9.17, 15) is 9.59 Å². The molecule has 2 aromatic heterocycles. The molecule has 1 aliphatic heterocycles. The summed E-state index contributed by atoms with van der Waals surface area (Å²) in [6.07, 6.45) is 3.14. The molecule has 12 heteroatoms. The molecule has 4 atom stereocenters. The number of carbonyl (C=O) groups is 2. The number of hydrogen-bond acceptors (Lipinski definition) is 10. The van der Waals surface area contributed by atoms with Crippen LogP contribution in [0.25, 0.3) is 11.2 Å². The molecule has 2 fully saturated rings. The molecule has 5 rings (SSSR count). The van der Waals surface area contributed by atoms with E-state index in [4.69, 9.17) is 19.9 Å². The quantitative estimate of drug-likeness (QED) is 0.375. The zero-order valence-electron chi connectivity index (χ0n) is 22.7. The van der Waals surface area contributed by atoms with Crippen LogP contribution in [0.1, 0.15) is 57.2 Å². The third-order valence-electron chi connectivity index (χ3n) is 7.65. The first-order valence-electron chi connectivity index (χ1n) is 13.7. The third kappa shape index (κ3) is 5.86. The topological polar surface area (TPSA) is 143 Å². The van der Waals surface area contributed by atoms with Gasteiger partial charge in [-0.15, -0.1) is 0 Å². The van der Waals surface area contributed by atoms with Crippen molar-refractivity contribution in [3.8, 4) is 0 Å². The maximum absolute atomic E-state index is 16.7. The van der Waals surface area contributed by atoms with Gasteiger partial charge in [-0.2, -0.15) is 9.97 Å². The summed E-state index contributed by atoms with van der Waals surface area (Å²) in [7, 11) is 1.66. The fourth-order valence-corrected chi connectivity index (χ4v) is 5.61.